The molecule has 3 aromatic rings. The molecule has 0 spiro atoms. The molecule has 0 unspecified atom stereocenters. The zero-order valence-electron chi connectivity index (χ0n) is 10.3. The Morgan fingerprint density at radius 2 is 1.83 bits per heavy atom. The van der Waals surface area contributed by atoms with Gasteiger partial charge in [0.2, 0.25) is 0 Å². The number of fused-ring (bicyclic) bond motifs is 4. The van der Waals surface area contributed by atoms with Crippen LogP contribution < -0.4 is 0 Å². The highest BCUT2D eigenvalue weighted by atomic mass is 14.7. The van der Waals surface area contributed by atoms with E-state index in [9.17, 15) is 0 Å². The van der Waals surface area contributed by atoms with Gasteiger partial charge in [-0.05, 0) is 35.7 Å². The first-order valence-electron chi connectivity index (χ1n) is 6.30. The number of pyridine rings is 1. The third-order valence-corrected chi connectivity index (χ3v) is 3.85. The fourth-order valence-corrected chi connectivity index (χ4v) is 2.88. The van der Waals surface area contributed by atoms with Gasteiger partial charge in [0.05, 0.1) is 11.2 Å². The van der Waals surface area contributed by atoms with Crippen LogP contribution in [-0.4, -0.2) is 4.98 Å². The Bertz CT molecular complexity index is 772. The molecule has 0 amide bonds. The van der Waals surface area contributed by atoms with Crippen LogP contribution in [0.5, 0.6) is 0 Å². The molecule has 0 aliphatic heterocycles. The van der Waals surface area contributed by atoms with Crippen molar-refractivity contribution in [1.82, 2.24) is 4.98 Å². The third-order valence-electron chi connectivity index (χ3n) is 3.85. The Morgan fingerprint density at radius 1 is 0.944 bits per heavy atom. The van der Waals surface area contributed by atoms with E-state index in [0.717, 1.165) is 11.9 Å². The lowest BCUT2D eigenvalue weighted by molar-refractivity contribution is 1.13. The molecule has 4 rings (SSSR count). The summed E-state index contributed by atoms with van der Waals surface area (Å²) >= 11 is 0. The maximum atomic E-state index is 4.81. The molecule has 0 N–H and O–H groups in total. The molecule has 0 bridgehead atoms. The number of aryl methyl sites for hydroxylation is 1. The molecule has 0 fully saturated rings. The number of benzene rings is 2. The maximum Gasteiger partial charge on any atom is 0.0705 e. The Labute approximate surface area is 106 Å². The second-order valence-electron chi connectivity index (χ2n) is 4.95. The molecule has 18 heavy (non-hydrogen) atoms. The second-order valence-corrected chi connectivity index (χ2v) is 4.95. The predicted molar refractivity (Wildman–Crippen MR) is 74.7 cm³/mol. The van der Waals surface area contributed by atoms with E-state index in [1.165, 1.54) is 33.3 Å². The van der Waals surface area contributed by atoms with Crippen molar-refractivity contribution in [2.45, 2.75) is 13.3 Å². The highest BCUT2D eigenvalue weighted by molar-refractivity contribution is 5.88. The van der Waals surface area contributed by atoms with Gasteiger partial charge in [-0.1, -0.05) is 36.4 Å². The van der Waals surface area contributed by atoms with Gasteiger partial charge in [-0.3, -0.25) is 4.98 Å². The summed E-state index contributed by atoms with van der Waals surface area (Å²) in [6.45, 7) is 2.18. The Kier molecular flexibility index (Phi) is 1.87. The third kappa shape index (κ3) is 1.25. The SMILES string of the molecule is Cc1cccc2c1Cc1nc3ccccc3cc1-2. The lowest BCUT2D eigenvalue weighted by Crippen LogP contribution is -1.88. The molecular formula is C17H13N. The van der Waals surface area contributed by atoms with E-state index >= 15 is 0 Å². The van der Waals surface area contributed by atoms with Crippen LogP contribution in [-0.2, 0) is 6.42 Å². The Hall–Kier alpha value is -2.15. The fraction of sp³-hybridized carbons (Fsp3) is 0.118. The van der Waals surface area contributed by atoms with Crippen molar-refractivity contribution in [3.8, 4) is 11.1 Å². The largest absolute Gasteiger partial charge is 0.252 e. The van der Waals surface area contributed by atoms with Gasteiger partial charge in [0.15, 0.2) is 0 Å². The lowest BCUT2D eigenvalue weighted by atomic mass is 10.0. The summed E-state index contributed by atoms with van der Waals surface area (Å²) in [5.74, 6) is 0. The molecular weight excluding hydrogens is 218 g/mol. The Morgan fingerprint density at radius 3 is 2.78 bits per heavy atom. The molecule has 1 aliphatic carbocycles. The zero-order chi connectivity index (χ0) is 12.1. The first-order chi connectivity index (χ1) is 8.83. The summed E-state index contributed by atoms with van der Waals surface area (Å²) in [6.07, 6.45) is 0.974. The minimum Gasteiger partial charge on any atom is -0.252 e. The normalized spacial score (nSPS) is 12.5. The van der Waals surface area contributed by atoms with E-state index in [-0.39, 0.29) is 0 Å². The molecule has 86 valence electrons. The van der Waals surface area contributed by atoms with Crippen molar-refractivity contribution >= 4 is 10.9 Å². The number of rotatable bonds is 0. The summed E-state index contributed by atoms with van der Waals surface area (Å²) in [7, 11) is 0. The van der Waals surface area contributed by atoms with Gasteiger partial charge >= 0.3 is 0 Å². The van der Waals surface area contributed by atoms with E-state index in [4.69, 9.17) is 4.98 Å². The minimum atomic E-state index is 0.974. The molecule has 1 heteroatoms. The summed E-state index contributed by atoms with van der Waals surface area (Å²) in [6, 6.07) is 17.2. The van der Waals surface area contributed by atoms with Gasteiger partial charge in [0, 0.05) is 17.4 Å². The van der Waals surface area contributed by atoms with Crippen LogP contribution in [0.3, 0.4) is 0 Å². The van der Waals surface area contributed by atoms with Gasteiger partial charge in [0.1, 0.15) is 0 Å². The average Bonchev–Trinajstić information content (AvgIpc) is 2.76. The van der Waals surface area contributed by atoms with E-state index < -0.39 is 0 Å². The van der Waals surface area contributed by atoms with Crippen LogP contribution in [0.1, 0.15) is 16.8 Å². The Balaban J connectivity index is 2.06. The van der Waals surface area contributed by atoms with Crippen molar-refractivity contribution in [1.29, 1.82) is 0 Å². The van der Waals surface area contributed by atoms with Crippen LogP contribution in [0.25, 0.3) is 22.0 Å². The molecule has 1 heterocycles. The second kappa shape index (κ2) is 3.42. The van der Waals surface area contributed by atoms with Gasteiger partial charge < -0.3 is 0 Å². The van der Waals surface area contributed by atoms with Crippen molar-refractivity contribution in [2.24, 2.45) is 0 Å². The topological polar surface area (TPSA) is 12.9 Å². The van der Waals surface area contributed by atoms with Crippen molar-refractivity contribution in [2.75, 3.05) is 0 Å². The lowest BCUT2D eigenvalue weighted by Gasteiger charge is -2.03. The smallest absolute Gasteiger partial charge is 0.0705 e. The minimum absolute atomic E-state index is 0.974. The summed E-state index contributed by atoms with van der Waals surface area (Å²) in [5.41, 5.74) is 7.81. The first kappa shape index (κ1) is 9.84. The molecule has 0 atom stereocenters. The van der Waals surface area contributed by atoms with Crippen LogP contribution in [0.2, 0.25) is 0 Å². The summed E-state index contributed by atoms with van der Waals surface area (Å²) in [4.78, 5) is 4.81. The molecule has 0 saturated heterocycles. The highest BCUT2D eigenvalue weighted by Gasteiger charge is 2.21. The summed E-state index contributed by atoms with van der Waals surface area (Å²) in [5, 5.41) is 1.23. The van der Waals surface area contributed by atoms with Crippen molar-refractivity contribution in [3.05, 3.63) is 65.4 Å². The number of nitrogens with zero attached hydrogens (tertiary/aromatic N) is 1. The molecule has 2 aromatic carbocycles. The maximum absolute atomic E-state index is 4.81. The fourth-order valence-electron chi connectivity index (χ4n) is 2.88. The van der Waals surface area contributed by atoms with Crippen LogP contribution >= 0.6 is 0 Å². The zero-order valence-corrected chi connectivity index (χ0v) is 10.3. The van der Waals surface area contributed by atoms with Crippen LogP contribution in [0.15, 0.2) is 48.5 Å². The number of hydrogen-bond acceptors (Lipinski definition) is 1. The molecule has 0 saturated carbocycles. The monoisotopic (exact) mass is 231 g/mol. The van der Waals surface area contributed by atoms with Gasteiger partial charge in [-0.25, -0.2) is 0 Å². The standard InChI is InChI=1S/C17H13N/c1-11-5-4-7-13-14(11)10-17-15(13)9-12-6-2-3-8-16(12)18-17/h2-9H,10H2,1H3. The molecule has 1 aliphatic rings. The molecule has 0 radical (unpaired) electrons. The average molecular weight is 231 g/mol. The van der Waals surface area contributed by atoms with Gasteiger partial charge in [0.25, 0.3) is 0 Å². The van der Waals surface area contributed by atoms with Crippen LogP contribution in [0.4, 0.5) is 0 Å². The van der Waals surface area contributed by atoms with Gasteiger partial charge in [-0.2, -0.15) is 0 Å². The van der Waals surface area contributed by atoms with Gasteiger partial charge in [-0.15, -0.1) is 0 Å². The quantitative estimate of drug-likeness (QED) is 0.443. The summed E-state index contributed by atoms with van der Waals surface area (Å²) < 4.78 is 0. The molecule has 1 nitrogen and oxygen atoms in total. The van der Waals surface area contributed by atoms with E-state index in [1.54, 1.807) is 0 Å². The highest BCUT2D eigenvalue weighted by Crippen LogP contribution is 2.38. The van der Waals surface area contributed by atoms with E-state index in [0.29, 0.717) is 0 Å². The van der Waals surface area contributed by atoms with E-state index in [1.807, 2.05) is 0 Å². The molecule has 1 aromatic heterocycles. The predicted octanol–water partition coefficient (Wildman–Crippen LogP) is 4.11. The number of para-hydroxylation sites is 1. The van der Waals surface area contributed by atoms with Crippen molar-refractivity contribution < 1.29 is 0 Å². The van der Waals surface area contributed by atoms with Crippen LogP contribution in [0, 0.1) is 6.92 Å². The number of aromatic nitrogens is 1. The van der Waals surface area contributed by atoms with Crippen molar-refractivity contribution in [3.63, 3.8) is 0 Å². The van der Waals surface area contributed by atoms with E-state index in [2.05, 4.69) is 55.5 Å². The number of hydrogen-bond donors (Lipinski definition) is 0. The first-order valence-corrected chi connectivity index (χ1v) is 6.30.